The summed E-state index contributed by atoms with van der Waals surface area (Å²) in [5, 5.41) is 5.62. The summed E-state index contributed by atoms with van der Waals surface area (Å²) in [5.41, 5.74) is 2.07. The van der Waals surface area contributed by atoms with Crippen LogP contribution in [-0.2, 0) is 4.74 Å². The molecule has 6 heteroatoms. The Morgan fingerprint density at radius 2 is 1.71 bits per heavy atom. The number of carbonyl (C=O) groups is 2. The fourth-order valence-corrected chi connectivity index (χ4v) is 2.35. The Hall–Kier alpha value is -2.24. The molecule has 2 N–H and O–H groups in total. The van der Waals surface area contributed by atoms with Crippen molar-refractivity contribution in [3.63, 3.8) is 0 Å². The summed E-state index contributed by atoms with van der Waals surface area (Å²) < 4.78 is 4.89. The minimum Gasteiger partial charge on any atom is -0.450 e. The lowest BCUT2D eigenvalue weighted by Gasteiger charge is -2.31. The molecule has 1 unspecified atom stereocenters. The predicted octanol–water partition coefficient (Wildman–Crippen LogP) is 4.46. The number of carbonyl (C=O) groups excluding carboxylic acids is 2. The number of nitrogens with one attached hydrogen (secondary N) is 2. The van der Waals surface area contributed by atoms with Gasteiger partial charge in [0.05, 0.1) is 6.61 Å². The Labute approximate surface area is 144 Å². The molecular weight excluding hydrogens is 306 g/mol. The van der Waals surface area contributed by atoms with E-state index in [1.54, 1.807) is 24.0 Å². The first-order valence-electron chi connectivity index (χ1n) is 8.42. The van der Waals surface area contributed by atoms with Crippen molar-refractivity contribution in [3.8, 4) is 0 Å². The Kier molecular flexibility index (Phi) is 7.55. The van der Waals surface area contributed by atoms with E-state index in [1.807, 2.05) is 26.8 Å². The summed E-state index contributed by atoms with van der Waals surface area (Å²) in [7, 11) is 0. The molecule has 0 spiro atoms. The van der Waals surface area contributed by atoms with Gasteiger partial charge in [-0.2, -0.15) is 0 Å². The maximum atomic E-state index is 12.6. The van der Waals surface area contributed by atoms with E-state index in [4.69, 9.17) is 4.74 Å². The lowest BCUT2D eigenvalue weighted by atomic mass is 10.1. The van der Waals surface area contributed by atoms with Gasteiger partial charge in [0.1, 0.15) is 0 Å². The second-order valence-corrected chi connectivity index (χ2v) is 6.02. The number of urea groups is 1. The lowest BCUT2D eigenvalue weighted by molar-refractivity contribution is 0.168. The number of anilines is 2. The minimum atomic E-state index is -0.507. The highest BCUT2D eigenvalue weighted by Gasteiger charge is 2.21. The molecule has 0 bridgehead atoms. The van der Waals surface area contributed by atoms with E-state index >= 15 is 0 Å². The molecule has 0 fully saturated rings. The average Bonchev–Trinajstić information content (AvgIpc) is 2.52. The van der Waals surface area contributed by atoms with Crippen LogP contribution in [-0.4, -0.2) is 36.2 Å². The van der Waals surface area contributed by atoms with Crippen molar-refractivity contribution < 1.29 is 14.3 Å². The molecule has 0 aliphatic carbocycles. The fourth-order valence-electron chi connectivity index (χ4n) is 2.35. The first-order valence-corrected chi connectivity index (χ1v) is 8.42. The van der Waals surface area contributed by atoms with Crippen LogP contribution in [0.3, 0.4) is 0 Å². The largest absolute Gasteiger partial charge is 0.450 e. The number of amides is 3. The van der Waals surface area contributed by atoms with Gasteiger partial charge < -0.3 is 15.0 Å². The van der Waals surface area contributed by atoms with Gasteiger partial charge in [0, 0.05) is 24.0 Å². The maximum Gasteiger partial charge on any atom is 0.411 e. The molecule has 24 heavy (non-hydrogen) atoms. The van der Waals surface area contributed by atoms with E-state index in [0.717, 1.165) is 5.56 Å². The molecule has 1 rings (SSSR count). The van der Waals surface area contributed by atoms with E-state index in [9.17, 15) is 9.59 Å². The van der Waals surface area contributed by atoms with Crippen LogP contribution in [0.5, 0.6) is 0 Å². The van der Waals surface area contributed by atoms with Gasteiger partial charge in [0.25, 0.3) is 0 Å². The topological polar surface area (TPSA) is 70.7 Å². The third-order valence-corrected chi connectivity index (χ3v) is 4.15. The van der Waals surface area contributed by atoms with Crippen LogP contribution < -0.4 is 10.6 Å². The molecule has 0 aromatic heterocycles. The minimum absolute atomic E-state index is 0.135. The zero-order chi connectivity index (χ0) is 18.3. The fraction of sp³-hybridized carbons (Fsp3) is 0.556. The summed E-state index contributed by atoms with van der Waals surface area (Å²) in [6.45, 7) is 12.7. The van der Waals surface area contributed by atoms with Crippen LogP contribution in [0.25, 0.3) is 0 Å². The van der Waals surface area contributed by atoms with Gasteiger partial charge in [-0.3, -0.25) is 5.32 Å². The number of hydrogen-bond acceptors (Lipinski definition) is 3. The van der Waals surface area contributed by atoms with Gasteiger partial charge in [-0.1, -0.05) is 19.9 Å². The summed E-state index contributed by atoms with van der Waals surface area (Å²) in [6, 6.07) is 5.37. The standard InChI is InChI=1S/C18H29N3O3/c1-7-21(14(6)12(3)4)17(22)19-15-10-9-11-16(13(15)5)20-18(23)24-8-2/h9-12,14H,7-8H2,1-6H3,(H,19,22)(H,20,23). The molecule has 1 aromatic carbocycles. The van der Waals surface area contributed by atoms with Crippen molar-refractivity contribution >= 4 is 23.5 Å². The molecule has 0 saturated heterocycles. The zero-order valence-corrected chi connectivity index (χ0v) is 15.5. The molecule has 3 amide bonds. The first kappa shape index (κ1) is 19.8. The van der Waals surface area contributed by atoms with Crippen molar-refractivity contribution in [2.24, 2.45) is 5.92 Å². The van der Waals surface area contributed by atoms with E-state index in [0.29, 0.717) is 30.4 Å². The molecule has 134 valence electrons. The van der Waals surface area contributed by atoms with Crippen molar-refractivity contribution in [3.05, 3.63) is 23.8 Å². The second kappa shape index (κ2) is 9.15. The van der Waals surface area contributed by atoms with E-state index in [-0.39, 0.29) is 12.1 Å². The van der Waals surface area contributed by atoms with E-state index in [1.165, 1.54) is 0 Å². The van der Waals surface area contributed by atoms with E-state index in [2.05, 4.69) is 24.5 Å². The Morgan fingerprint density at radius 1 is 1.12 bits per heavy atom. The predicted molar refractivity (Wildman–Crippen MR) is 97.5 cm³/mol. The first-order chi connectivity index (χ1) is 11.3. The smallest absolute Gasteiger partial charge is 0.411 e. The third-order valence-electron chi connectivity index (χ3n) is 4.15. The summed E-state index contributed by atoms with van der Waals surface area (Å²) in [5.74, 6) is 0.369. The second-order valence-electron chi connectivity index (χ2n) is 6.02. The third kappa shape index (κ3) is 5.15. The SMILES string of the molecule is CCOC(=O)Nc1cccc(NC(=O)N(CC)C(C)C(C)C)c1C. The Morgan fingerprint density at radius 3 is 2.21 bits per heavy atom. The molecule has 0 radical (unpaired) electrons. The van der Waals surface area contributed by atoms with Crippen LogP contribution in [0, 0.1) is 12.8 Å². The van der Waals surface area contributed by atoms with Crippen molar-refractivity contribution in [2.45, 2.75) is 47.6 Å². The van der Waals surface area contributed by atoms with Crippen molar-refractivity contribution in [2.75, 3.05) is 23.8 Å². The number of ether oxygens (including phenoxy) is 1. The maximum absolute atomic E-state index is 12.6. The van der Waals surface area contributed by atoms with Crippen LogP contribution in [0.1, 0.15) is 40.2 Å². The van der Waals surface area contributed by atoms with E-state index < -0.39 is 6.09 Å². The van der Waals surface area contributed by atoms with Gasteiger partial charge in [0.2, 0.25) is 0 Å². The van der Waals surface area contributed by atoms with Crippen LogP contribution in [0.4, 0.5) is 21.0 Å². The molecular formula is C18H29N3O3. The summed E-state index contributed by atoms with van der Waals surface area (Å²) in [4.78, 5) is 26.0. The molecule has 0 heterocycles. The molecule has 6 nitrogen and oxygen atoms in total. The Bertz CT molecular complexity index is 573. The molecule has 0 saturated carbocycles. The van der Waals surface area contributed by atoms with Gasteiger partial charge in [-0.25, -0.2) is 9.59 Å². The highest BCUT2D eigenvalue weighted by molar-refractivity contribution is 5.93. The molecule has 0 aliphatic heterocycles. The van der Waals surface area contributed by atoms with Crippen molar-refractivity contribution in [1.29, 1.82) is 0 Å². The number of hydrogen-bond donors (Lipinski definition) is 2. The monoisotopic (exact) mass is 335 g/mol. The van der Waals surface area contributed by atoms with Crippen LogP contribution >= 0.6 is 0 Å². The zero-order valence-electron chi connectivity index (χ0n) is 15.5. The summed E-state index contributed by atoms with van der Waals surface area (Å²) >= 11 is 0. The van der Waals surface area contributed by atoms with Crippen LogP contribution in [0.15, 0.2) is 18.2 Å². The van der Waals surface area contributed by atoms with Gasteiger partial charge >= 0.3 is 12.1 Å². The highest BCUT2D eigenvalue weighted by atomic mass is 16.5. The number of rotatable bonds is 6. The van der Waals surface area contributed by atoms with Crippen molar-refractivity contribution in [1.82, 2.24) is 4.90 Å². The van der Waals surface area contributed by atoms with Gasteiger partial charge in [-0.15, -0.1) is 0 Å². The average molecular weight is 335 g/mol. The van der Waals surface area contributed by atoms with Gasteiger partial charge in [-0.05, 0) is 51.3 Å². The van der Waals surface area contributed by atoms with Gasteiger partial charge in [0.15, 0.2) is 0 Å². The normalized spacial score (nSPS) is 11.8. The highest BCUT2D eigenvalue weighted by Crippen LogP contribution is 2.24. The molecule has 1 atom stereocenters. The van der Waals surface area contributed by atoms with Crippen LogP contribution in [0.2, 0.25) is 0 Å². The number of nitrogens with zero attached hydrogens (tertiary/aromatic N) is 1. The molecule has 1 aromatic rings. The Balaban J connectivity index is 2.91. The summed E-state index contributed by atoms with van der Waals surface area (Å²) in [6.07, 6.45) is -0.507. The quantitative estimate of drug-likeness (QED) is 0.806. The number of benzene rings is 1. The lowest BCUT2D eigenvalue weighted by Crippen LogP contribution is -2.43. The molecule has 0 aliphatic rings.